The highest BCUT2D eigenvalue weighted by Gasteiger charge is 2.46. The monoisotopic (exact) mass is 654 g/mol. The summed E-state index contributed by atoms with van der Waals surface area (Å²) >= 11 is 0. The second-order valence-electron chi connectivity index (χ2n) is 16.3. The molecule has 0 saturated carbocycles. The number of ether oxygens (including phenoxy) is 3. The van der Waals surface area contributed by atoms with Crippen LogP contribution in [0.25, 0.3) is 0 Å². The van der Waals surface area contributed by atoms with Crippen molar-refractivity contribution in [3.63, 3.8) is 0 Å². The maximum absolute atomic E-state index is 6.76. The summed E-state index contributed by atoms with van der Waals surface area (Å²) in [4.78, 5) is 0. The van der Waals surface area contributed by atoms with Gasteiger partial charge in [-0.15, -0.1) is 0 Å². The maximum atomic E-state index is 6.76. The van der Waals surface area contributed by atoms with E-state index in [-0.39, 0.29) is 30.5 Å². The third-order valence-electron chi connectivity index (χ3n) is 6.01. The van der Waals surface area contributed by atoms with Crippen molar-refractivity contribution in [1.29, 1.82) is 0 Å². The molecular weight excluding hydrogens is 593 g/mol. The fourth-order valence-electron chi connectivity index (χ4n) is 4.81. The second kappa shape index (κ2) is 14.2. The fraction of sp³-hybridized carbons (Fsp3) is 1.00. The molecule has 4 unspecified atom stereocenters. The molecule has 7 atom stereocenters. The predicted molar refractivity (Wildman–Crippen MR) is 176 cm³/mol. The summed E-state index contributed by atoms with van der Waals surface area (Å²) in [5.74, 6) is 0. The Balaban J connectivity index is 2.27. The Morgan fingerprint density at radius 3 is 1.52 bits per heavy atom. The smallest absolute Gasteiger partial charge is 0.184 e. The van der Waals surface area contributed by atoms with Gasteiger partial charge in [0.25, 0.3) is 0 Å². The van der Waals surface area contributed by atoms with Crippen LogP contribution in [0.2, 0.25) is 98.2 Å². The van der Waals surface area contributed by atoms with Crippen molar-refractivity contribution < 1.29 is 36.3 Å². The van der Waals surface area contributed by atoms with Gasteiger partial charge in [0.1, 0.15) is 6.10 Å². The zero-order valence-electron chi connectivity index (χ0n) is 28.3. The van der Waals surface area contributed by atoms with Crippen LogP contribution in [-0.4, -0.2) is 97.9 Å². The Hall–Kier alpha value is 0.764. The Morgan fingerprint density at radius 1 is 0.525 bits per heavy atom. The highest BCUT2D eigenvalue weighted by atomic mass is 28.4. The van der Waals surface area contributed by atoms with Crippen molar-refractivity contribution in [2.24, 2.45) is 0 Å². The molecular formula is C27H62O8Si5. The molecule has 2 saturated heterocycles. The summed E-state index contributed by atoms with van der Waals surface area (Å²) in [6, 6.07) is 0. The zero-order valence-corrected chi connectivity index (χ0v) is 33.3. The van der Waals surface area contributed by atoms with Crippen molar-refractivity contribution >= 4 is 41.6 Å². The van der Waals surface area contributed by atoms with Crippen LogP contribution >= 0.6 is 0 Å². The van der Waals surface area contributed by atoms with Gasteiger partial charge in [-0.25, -0.2) is 0 Å². The molecule has 40 heavy (non-hydrogen) atoms. The molecule has 2 fully saturated rings. The zero-order chi connectivity index (χ0) is 30.7. The molecule has 2 aliphatic rings. The average molecular weight is 655 g/mol. The van der Waals surface area contributed by atoms with Gasteiger partial charge in [0.05, 0.1) is 37.6 Å². The Labute approximate surface area is 251 Å². The van der Waals surface area contributed by atoms with Gasteiger partial charge in [0.2, 0.25) is 0 Å². The first-order valence-corrected chi connectivity index (χ1v) is 32.2. The molecule has 0 aromatic rings. The van der Waals surface area contributed by atoms with Crippen LogP contribution in [0.1, 0.15) is 19.3 Å². The van der Waals surface area contributed by atoms with E-state index in [0.29, 0.717) is 26.1 Å². The lowest BCUT2D eigenvalue weighted by molar-refractivity contribution is -0.319. The minimum Gasteiger partial charge on any atom is -0.415 e. The Bertz CT molecular complexity index is 769. The van der Waals surface area contributed by atoms with E-state index in [1.165, 1.54) is 0 Å². The summed E-state index contributed by atoms with van der Waals surface area (Å²) in [6.07, 6.45) is 0.589. The lowest BCUT2D eigenvalue weighted by Crippen LogP contribution is -2.59. The van der Waals surface area contributed by atoms with Crippen LogP contribution in [0.3, 0.4) is 0 Å². The minimum absolute atomic E-state index is 0.0709. The summed E-state index contributed by atoms with van der Waals surface area (Å²) < 4.78 is 52.4. The highest BCUT2D eigenvalue weighted by Crippen LogP contribution is 2.34. The average Bonchev–Trinajstić information content (AvgIpc) is 2.68. The normalized spacial score (nSPS) is 31.4. The van der Waals surface area contributed by atoms with Gasteiger partial charge in [-0.2, -0.15) is 0 Å². The molecule has 0 bridgehead atoms. The van der Waals surface area contributed by atoms with Crippen molar-refractivity contribution in [2.75, 3.05) is 13.2 Å². The van der Waals surface area contributed by atoms with Crippen molar-refractivity contribution in [1.82, 2.24) is 0 Å². The molecule has 0 amide bonds. The summed E-state index contributed by atoms with van der Waals surface area (Å²) in [5, 5.41) is 0. The predicted octanol–water partition coefficient (Wildman–Crippen LogP) is 6.99. The molecule has 0 spiro atoms. The molecule has 2 rings (SSSR count). The van der Waals surface area contributed by atoms with Crippen LogP contribution in [-0.2, 0) is 36.3 Å². The van der Waals surface area contributed by atoms with E-state index >= 15 is 0 Å². The topological polar surface area (TPSA) is 73.8 Å². The van der Waals surface area contributed by atoms with Crippen molar-refractivity contribution in [3.05, 3.63) is 0 Å². The summed E-state index contributed by atoms with van der Waals surface area (Å²) in [5.41, 5.74) is 0. The highest BCUT2D eigenvalue weighted by molar-refractivity contribution is 6.71. The second-order valence-corrected chi connectivity index (χ2v) is 38.7. The molecule has 13 heteroatoms. The van der Waals surface area contributed by atoms with Crippen LogP contribution in [0.15, 0.2) is 0 Å². The van der Waals surface area contributed by atoms with Crippen molar-refractivity contribution in [2.45, 2.75) is 161 Å². The third-order valence-corrected chi connectivity index (χ3v) is 11.1. The standard InChI is InChI=1S/C27H62O8Si5/c1-36(2,3)28-19-22-16-21(33-38(7,8)9)17-25(30-22)32-26-18-23(34-39(10,11)12)27(35-40(13,14)15)24(31-26)20-29-37(4,5)6/h21-27H,16-20H2,1-15H3/t21?,22-,23?,24+,25?,26+,27?/m0/s1. The Morgan fingerprint density at radius 2 is 1.02 bits per heavy atom. The molecule has 0 aromatic carbocycles. The van der Waals surface area contributed by atoms with E-state index < -0.39 is 54.2 Å². The van der Waals surface area contributed by atoms with Gasteiger partial charge in [0.15, 0.2) is 54.2 Å². The van der Waals surface area contributed by atoms with E-state index in [4.69, 9.17) is 36.3 Å². The first-order chi connectivity index (χ1) is 17.9. The third kappa shape index (κ3) is 15.5. The summed E-state index contributed by atoms with van der Waals surface area (Å²) in [6.45, 7) is 34.3. The van der Waals surface area contributed by atoms with Crippen molar-refractivity contribution in [3.8, 4) is 0 Å². The number of hydrogen-bond acceptors (Lipinski definition) is 8. The SMILES string of the molecule is C[Si](C)(C)OC[C@@H]1CC(O[Si](C)(C)C)CC(O[C@@H]2CC(O[Si](C)(C)C)C(O[Si](C)(C)C)[C@@H](CO[Si](C)(C)C)O2)O1. The van der Waals surface area contributed by atoms with Gasteiger partial charge in [-0.05, 0) is 98.2 Å². The van der Waals surface area contributed by atoms with Crippen LogP contribution < -0.4 is 0 Å². The lowest BCUT2D eigenvalue weighted by atomic mass is 10.0. The van der Waals surface area contributed by atoms with Gasteiger partial charge in [-0.1, -0.05) is 0 Å². The van der Waals surface area contributed by atoms with E-state index in [0.717, 1.165) is 6.42 Å². The molecule has 0 aliphatic carbocycles. The van der Waals surface area contributed by atoms with Crippen LogP contribution in [0.5, 0.6) is 0 Å². The molecule has 0 N–H and O–H groups in total. The Kier molecular flexibility index (Phi) is 13.2. The van der Waals surface area contributed by atoms with Gasteiger partial charge < -0.3 is 36.3 Å². The molecule has 238 valence electrons. The van der Waals surface area contributed by atoms with Crippen LogP contribution in [0.4, 0.5) is 0 Å². The first-order valence-electron chi connectivity index (χ1n) is 15.2. The lowest BCUT2D eigenvalue weighted by Gasteiger charge is -2.47. The van der Waals surface area contributed by atoms with E-state index in [9.17, 15) is 0 Å². The number of hydrogen-bond donors (Lipinski definition) is 0. The quantitative estimate of drug-likeness (QED) is 0.186. The molecule has 0 radical (unpaired) electrons. The van der Waals surface area contributed by atoms with E-state index in [1.807, 2.05) is 0 Å². The molecule has 2 heterocycles. The summed E-state index contributed by atoms with van der Waals surface area (Å²) in [7, 11) is -8.96. The molecule has 0 aromatic heterocycles. The number of rotatable bonds is 14. The molecule has 2 aliphatic heterocycles. The largest absolute Gasteiger partial charge is 0.415 e. The van der Waals surface area contributed by atoms with E-state index in [2.05, 4.69) is 98.2 Å². The maximum Gasteiger partial charge on any atom is 0.184 e. The van der Waals surface area contributed by atoms with E-state index in [1.54, 1.807) is 0 Å². The molecule has 8 nitrogen and oxygen atoms in total. The fourth-order valence-corrected chi connectivity index (χ4v) is 9.61. The van der Waals surface area contributed by atoms with Crippen LogP contribution in [0, 0.1) is 0 Å². The van der Waals surface area contributed by atoms with Gasteiger partial charge >= 0.3 is 0 Å². The van der Waals surface area contributed by atoms with Gasteiger partial charge in [0, 0.05) is 19.3 Å². The first kappa shape index (κ1) is 37.0. The van der Waals surface area contributed by atoms with Gasteiger partial charge in [-0.3, -0.25) is 0 Å². The minimum atomic E-state index is -1.89.